The van der Waals surface area contributed by atoms with Crippen LogP contribution in [0.2, 0.25) is 0 Å². The zero-order valence-corrected chi connectivity index (χ0v) is 21.1. The molecule has 0 aliphatic carbocycles. The van der Waals surface area contributed by atoms with Gasteiger partial charge in [-0.15, -0.1) is 11.8 Å². The number of hydrogen-bond acceptors (Lipinski definition) is 6. The molecule has 0 fully saturated rings. The molecule has 0 N–H and O–H groups in total. The number of benzene rings is 1. The largest absolute Gasteiger partial charge is 0.496 e. The van der Waals surface area contributed by atoms with Crippen molar-refractivity contribution < 1.29 is 18.7 Å². The molecule has 0 saturated carbocycles. The van der Waals surface area contributed by atoms with Crippen molar-refractivity contribution in [1.82, 2.24) is 14.4 Å². The number of ether oxygens (including phenoxy) is 1. The van der Waals surface area contributed by atoms with E-state index in [9.17, 15) is 14.4 Å². The number of rotatable bonds is 6. The molecule has 3 heterocycles. The number of amides is 2. The fourth-order valence-electron chi connectivity index (χ4n) is 4.33. The number of carbonyl (C=O) groups excluding carboxylic acids is 2. The summed E-state index contributed by atoms with van der Waals surface area (Å²) in [7, 11) is 3.14. The average Bonchev–Trinajstić information content (AvgIpc) is 3.33. The second-order valence-electron chi connectivity index (χ2n) is 8.40. The molecule has 0 saturated heterocycles. The molecular formula is C26H29N3O5S. The van der Waals surface area contributed by atoms with Crippen LogP contribution in [0.1, 0.15) is 45.1 Å². The topological polar surface area (TPSA) is 85.0 Å². The molecular weight excluding hydrogens is 466 g/mol. The summed E-state index contributed by atoms with van der Waals surface area (Å²) in [6.07, 6.45) is 3.91. The Morgan fingerprint density at radius 1 is 1.14 bits per heavy atom. The van der Waals surface area contributed by atoms with Gasteiger partial charge in [-0.25, -0.2) is 0 Å². The molecule has 2 aromatic heterocycles. The van der Waals surface area contributed by atoms with E-state index < -0.39 is 0 Å². The molecule has 4 rings (SSSR count). The molecule has 1 aliphatic heterocycles. The van der Waals surface area contributed by atoms with E-state index >= 15 is 0 Å². The molecule has 8 nitrogen and oxygen atoms in total. The lowest BCUT2D eigenvalue weighted by Crippen LogP contribution is -2.34. The summed E-state index contributed by atoms with van der Waals surface area (Å²) in [4.78, 5) is 44.1. The number of aromatic nitrogens is 1. The molecule has 1 aliphatic rings. The molecule has 9 heteroatoms. The Hall–Kier alpha value is -3.46. The number of methoxy groups -OCH3 is 1. The van der Waals surface area contributed by atoms with Gasteiger partial charge < -0.3 is 23.5 Å². The van der Waals surface area contributed by atoms with E-state index in [1.54, 1.807) is 45.5 Å². The number of fused-ring (bicyclic) bond motifs is 1. The van der Waals surface area contributed by atoms with Gasteiger partial charge in [0, 0.05) is 55.3 Å². The van der Waals surface area contributed by atoms with Crippen molar-refractivity contribution in [2.24, 2.45) is 0 Å². The zero-order chi connectivity index (χ0) is 25.1. The Morgan fingerprint density at radius 3 is 2.51 bits per heavy atom. The lowest BCUT2D eigenvalue weighted by molar-refractivity contribution is 0.0720. The molecule has 1 atom stereocenters. The first-order valence-electron chi connectivity index (χ1n) is 11.4. The van der Waals surface area contributed by atoms with E-state index in [0.717, 1.165) is 4.90 Å². The second-order valence-corrected chi connectivity index (χ2v) is 9.28. The maximum Gasteiger partial charge on any atom is 0.259 e. The quantitative estimate of drug-likeness (QED) is 0.485. The van der Waals surface area contributed by atoms with Crippen LogP contribution < -0.4 is 10.3 Å². The normalized spacial score (nSPS) is 14.1. The van der Waals surface area contributed by atoms with E-state index in [2.05, 4.69) is 0 Å². The first kappa shape index (κ1) is 24.7. The van der Waals surface area contributed by atoms with Gasteiger partial charge in [0.15, 0.2) is 0 Å². The SMILES string of the molecule is COc1cc(=O)n2c(c1C(=O)N(C)C(C)c1ccco1)CCN(C(=O)c1ccc(SC)cc1)CC2. The maximum absolute atomic E-state index is 13.7. The van der Waals surface area contributed by atoms with Gasteiger partial charge in [-0.05, 0) is 49.6 Å². The van der Waals surface area contributed by atoms with E-state index in [0.29, 0.717) is 48.6 Å². The summed E-state index contributed by atoms with van der Waals surface area (Å²) >= 11 is 1.62. The van der Waals surface area contributed by atoms with Crippen molar-refractivity contribution in [1.29, 1.82) is 0 Å². The molecule has 35 heavy (non-hydrogen) atoms. The van der Waals surface area contributed by atoms with Crippen molar-refractivity contribution in [3.8, 4) is 5.75 Å². The van der Waals surface area contributed by atoms with Crippen molar-refractivity contribution >= 4 is 23.6 Å². The Morgan fingerprint density at radius 2 is 1.89 bits per heavy atom. The van der Waals surface area contributed by atoms with Crippen LogP contribution in [-0.4, -0.2) is 59.7 Å². The van der Waals surface area contributed by atoms with Crippen molar-refractivity contribution in [3.05, 3.63) is 81.7 Å². The molecule has 1 unspecified atom stereocenters. The molecule has 2 amide bonds. The van der Waals surface area contributed by atoms with Gasteiger partial charge in [-0.3, -0.25) is 14.4 Å². The highest BCUT2D eigenvalue weighted by Gasteiger charge is 2.30. The number of hydrogen-bond donors (Lipinski definition) is 0. The summed E-state index contributed by atoms with van der Waals surface area (Å²) in [6.45, 7) is 2.92. The van der Waals surface area contributed by atoms with E-state index in [1.165, 1.54) is 13.2 Å². The molecule has 184 valence electrons. The zero-order valence-electron chi connectivity index (χ0n) is 20.3. The van der Waals surface area contributed by atoms with Crippen LogP contribution in [-0.2, 0) is 13.0 Å². The highest BCUT2D eigenvalue weighted by molar-refractivity contribution is 7.98. The summed E-state index contributed by atoms with van der Waals surface area (Å²) in [5.41, 5.74) is 1.26. The minimum atomic E-state index is -0.317. The second kappa shape index (κ2) is 10.4. The first-order valence-corrected chi connectivity index (χ1v) is 12.6. The Balaban J connectivity index is 1.65. The molecule has 3 aromatic rings. The van der Waals surface area contributed by atoms with Gasteiger partial charge in [-0.2, -0.15) is 0 Å². The predicted molar refractivity (Wildman–Crippen MR) is 134 cm³/mol. The molecule has 0 spiro atoms. The van der Waals surface area contributed by atoms with E-state index in [1.807, 2.05) is 43.5 Å². The van der Waals surface area contributed by atoms with Gasteiger partial charge in [-0.1, -0.05) is 0 Å². The highest BCUT2D eigenvalue weighted by atomic mass is 32.2. The minimum absolute atomic E-state index is 0.0955. The van der Waals surface area contributed by atoms with Crippen LogP contribution in [0.15, 0.2) is 62.8 Å². The maximum atomic E-state index is 13.7. The summed E-state index contributed by atoms with van der Waals surface area (Å²) in [5.74, 6) is 0.518. The number of thioether (sulfide) groups is 1. The van der Waals surface area contributed by atoms with E-state index in [4.69, 9.17) is 9.15 Å². The monoisotopic (exact) mass is 495 g/mol. The standard InChI is InChI=1S/C26H29N3O5S/c1-17(21-6-5-15-34-21)27(2)26(32)24-20-11-12-28(13-14-29(20)23(30)16-22(24)33-3)25(31)18-7-9-19(35-4)10-8-18/h5-10,15-17H,11-14H2,1-4H3. The van der Waals surface area contributed by atoms with Gasteiger partial charge >= 0.3 is 0 Å². The van der Waals surface area contributed by atoms with Crippen LogP contribution >= 0.6 is 11.8 Å². The highest BCUT2D eigenvalue weighted by Crippen LogP contribution is 2.28. The summed E-state index contributed by atoms with van der Waals surface area (Å²) < 4.78 is 12.5. The number of pyridine rings is 1. The molecule has 1 aromatic carbocycles. The van der Waals surface area contributed by atoms with Crippen molar-refractivity contribution in [2.75, 3.05) is 33.5 Å². The third-order valence-electron chi connectivity index (χ3n) is 6.51. The minimum Gasteiger partial charge on any atom is -0.496 e. The van der Waals surface area contributed by atoms with Gasteiger partial charge in [0.2, 0.25) is 0 Å². The van der Waals surface area contributed by atoms with Crippen LogP contribution in [0.25, 0.3) is 0 Å². The van der Waals surface area contributed by atoms with Gasteiger partial charge in [0.05, 0.1) is 19.4 Å². The smallest absolute Gasteiger partial charge is 0.259 e. The Labute approximate surface area is 208 Å². The lowest BCUT2D eigenvalue weighted by atomic mass is 10.1. The average molecular weight is 496 g/mol. The lowest BCUT2D eigenvalue weighted by Gasteiger charge is -2.26. The summed E-state index contributed by atoms with van der Waals surface area (Å²) in [5, 5.41) is 0. The number of carbonyl (C=O) groups is 2. The number of furan rings is 1. The molecule has 0 bridgehead atoms. The van der Waals surface area contributed by atoms with Gasteiger partial charge in [0.1, 0.15) is 17.1 Å². The fraction of sp³-hybridized carbons (Fsp3) is 0.346. The third kappa shape index (κ3) is 4.86. The van der Waals surface area contributed by atoms with Crippen molar-refractivity contribution in [3.63, 3.8) is 0 Å². The number of nitrogens with zero attached hydrogens (tertiary/aromatic N) is 3. The van der Waals surface area contributed by atoms with Crippen LogP contribution in [0.3, 0.4) is 0 Å². The Bertz CT molecular complexity index is 1270. The van der Waals surface area contributed by atoms with Crippen LogP contribution in [0.5, 0.6) is 5.75 Å². The van der Waals surface area contributed by atoms with Gasteiger partial charge in [0.25, 0.3) is 17.4 Å². The first-order chi connectivity index (χ1) is 16.8. The fourth-order valence-corrected chi connectivity index (χ4v) is 4.74. The molecule has 0 radical (unpaired) electrons. The Kier molecular flexibility index (Phi) is 7.35. The predicted octanol–water partition coefficient (Wildman–Crippen LogP) is 3.70. The third-order valence-corrected chi connectivity index (χ3v) is 7.25. The van der Waals surface area contributed by atoms with Crippen LogP contribution in [0, 0.1) is 0 Å². The summed E-state index contributed by atoms with van der Waals surface area (Å²) in [6, 6.07) is 12.1. The van der Waals surface area contributed by atoms with E-state index in [-0.39, 0.29) is 29.2 Å². The van der Waals surface area contributed by atoms with Crippen molar-refractivity contribution in [2.45, 2.75) is 30.8 Å². The van der Waals surface area contributed by atoms with Crippen LogP contribution in [0.4, 0.5) is 0 Å².